The molecule has 2 bridgehead atoms. The number of aliphatic hydroxyl groups excluding tert-OH is 1. The molecule has 2 N–H and O–H groups in total. The molecule has 266 valence electrons. The third kappa shape index (κ3) is 6.24. The Labute approximate surface area is 282 Å². The molecule has 47 heavy (non-hydrogen) atoms. The highest BCUT2D eigenvalue weighted by Gasteiger charge is 2.69. The average Bonchev–Trinajstić information content (AvgIpc) is 3.56. The molecular weight excluding hydrogens is 596 g/mol. The Morgan fingerprint density at radius 2 is 1.70 bits per heavy atom. The summed E-state index contributed by atoms with van der Waals surface area (Å²) in [4.78, 5) is 27.6. The molecule has 3 saturated carbocycles. The SMILES string of the molecule is C=CC12CCCCCCC(OC(=O)NC3COC3)C(C)(C)C3CCC(C3)C1(C)C(O)C1OC(C(OC(=O)N3CCC3)C(C)C)CCC12. The van der Waals surface area contributed by atoms with E-state index in [4.69, 9.17) is 18.9 Å². The molecule has 0 aromatic heterocycles. The molecule has 6 fully saturated rings. The molecule has 3 heterocycles. The lowest BCUT2D eigenvalue weighted by atomic mass is 9.54. The Morgan fingerprint density at radius 1 is 0.979 bits per heavy atom. The minimum absolute atomic E-state index is 0.0424. The van der Waals surface area contributed by atoms with Crippen LogP contribution in [-0.2, 0) is 18.9 Å². The normalized spacial score (nSPS) is 41.1. The van der Waals surface area contributed by atoms with Crippen LogP contribution in [-0.4, -0.2) is 85.1 Å². The van der Waals surface area contributed by atoms with Crippen LogP contribution in [0.1, 0.15) is 112 Å². The zero-order chi connectivity index (χ0) is 33.6. The van der Waals surface area contributed by atoms with Gasteiger partial charge in [0.05, 0.1) is 37.6 Å². The van der Waals surface area contributed by atoms with Gasteiger partial charge in [0.25, 0.3) is 0 Å². The van der Waals surface area contributed by atoms with E-state index in [1.807, 2.05) is 0 Å². The first-order valence-electron chi connectivity index (χ1n) is 18.9. The van der Waals surface area contributed by atoms with E-state index in [-0.39, 0.29) is 65.3 Å². The van der Waals surface area contributed by atoms with Crippen molar-refractivity contribution in [3.8, 4) is 0 Å². The topological polar surface area (TPSA) is 107 Å². The number of hydrogen-bond donors (Lipinski definition) is 2. The maximum Gasteiger partial charge on any atom is 0.410 e. The van der Waals surface area contributed by atoms with Crippen LogP contribution in [0.5, 0.6) is 0 Å². The zero-order valence-corrected chi connectivity index (χ0v) is 29.7. The second-order valence-electron chi connectivity index (χ2n) is 17.0. The predicted octanol–water partition coefficient (Wildman–Crippen LogP) is 6.86. The van der Waals surface area contributed by atoms with Gasteiger partial charge in [-0.2, -0.15) is 0 Å². The molecule has 9 nitrogen and oxygen atoms in total. The van der Waals surface area contributed by atoms with E-state index in [1.54, 1.807) is 4.90 Å². The van der Waals surface area contributed by atoms with Gasteiger partial charge in [-0.05, 0) is 81.5 Å². The Kier molecular flexibility index (Phi) is 10.3. The largest absolute Gasteiger partial charge is 0.446 e. The van der Waals surface area contributed by atoms with Crippen LogP contribution in [0.15, 0.2) is 12.7 Å². The van der Waals surface area contributed by atoms with Crippen LogP contribution < -0.4 is 5.32 Å². The van der Waals surface area contributed by atoms with Crippen molar-refractivity contribution in [3.05, 3.63) is 12.7 Å². The summed E-state index contributed by atoms with van der Waals surface area (Å²) in [7, 11) is 0. The molecule has 9 heteroatoms. The molecule has 2 amide bonds. The van der Waals surface area contributed by atoms with E-state index in [9.17, 15) is 14.7 Å². The molecule has 0 spiro atoms. The van der Waals surface area contributed by atoms with Crippen molar-refractivity contribution in [3.63, 3.8) is 0 Å². The fourth-order valence-electron chi connectivity index (χ4n) is 10.7. The monoisotopic (exact) mass is 658 g/mol. The number of nitrogens with zero attached hydrogens (tertiary/aromatic N) is 1. The number of ether oxygens (including phenoxy) is 4. The van der Waals surface area contributed by atoms with Gasteiger partial charge in [0.15, 0.2) is 0 Å². The first-order chi connectivity index (χ1) is 22.4. The number of amides is 2. The molecule has 0 radical (unpaired) electrons. The smallest absolute Gasteiger partial charge is 0.410 e. The summed E-state index contributed by atoms with van der Waals surface area (Å²) in [6, 6.07) is 0.0424. The molecule has 3 saturated heterocycles. The Morgan fingerprint density at radius 3 is 2.34 bits per heavy atom. The molecule has 6 rings (SSSR count). The highest BCUT2D eigenvalue weighted by Crippen LogP contribution is 2.69. The minimum atomic E-state index is -0.647. The Hall–Kier alpha value is -1.84. The van der Waals surface area contributed by atoms with E-state index >= 15 is 0 Å². The highest BCUT2D eigenvalue weighted by atomic mass is 16.6. The fourth-order valence-corrected chi connectivity index (χ4v) is 10.7. The van der Waals surface area contributed by atoms with Crippen molar-refractivity contribution < 1.29 is 33.6 Å². The lowest BCUT2D eigenvalue weighted by Gasteiger charge is -2.50. The fraction of sp³-hybridized carbons (Fsp3) is 0.895. The lowest BCUT2D eigenvalue weighted by Crippen LogP contribution is -2.51. The van der Waals surface area contributed by atoms with E-state index < -0.39 is 11.5 Å². The molecule has 10 unspecified atom stereocenters. The van der Waals surface area contributed by atoms with Gasteiger partial charge in [-0.1, -0.05) is 60.0 Å². The number of rotatable bonds is 6. The molecule has 6 aliphatic rings. The van der Waals surface area contributed by atoms with Crippen molar-refractivity contribution in [1.82, 2.24) is 10.2 Å². The maximum atomic E-state index is 13.0. The van der Waals surface area contributed by atoms with E-state index in [0.29, 0.717) is 25.0 Å². The van der Waals surface area contributed by atoms with Gasteiger partial charge in [-0.3, -0.25) is 0 Å². The third-order valence-corrected chi connectivity index (χ3v) is 14.0. The highest BCUT2D eigenvalue weighted by molar-refractivity contribution is 5.69. The number of carbonyl (C=O) groups excluding carboxylic acids is 2. The zero-order valence-electron chi connectivity index (χ0n) is 29.7. The molecule has 3 aliphatic heterocycles. The first kappa shape index (κ1) is 35.0. The van der Waals surface area contributed by atoms with Gasteiger partial charge >= 0.3 is 12.2 Å². The molecule has 0 aromatic carbocycles. The summed E-state index contributed by atoms with van der Waals surface area (Å²) in [5.41, 5.74) is -0.855. The summed E-state index contributed by atoms with van der Waals surface area (Å²) >= 11 is 0. The van der Waals surface area contributed by atoms with Crippen LogP contribution in [0, 0.1) is 39.9 Å². The number of likely N-dealkylation sites (tertiary alicyclic amines) is 1. The number of carbonyl (C=O) groups is 2. The summed E-state index contributed by atoms with van der Waals surface area (Å²) in [6.07, 6.45) is 11.9. The first-order valence-corrected chi connectivity index (χ1v) is 18.9. The van der Waals surface area contributed by atoms with Gasteiger partial charge in [0, 0.05) is 29.3 Å². The summed E-state index contributed by atoms with van der Waals surface area (Å²) in [6.45, 7) is 18.2. The molecule has 10 atom stereocenters. The number of aliphatic hydroxyl groups is 1. The van der Waals surface area contributed by atoms with Crippen LogP contribution in [0.4, 0.5) is 9.59 Å². The van der Waals surface area contributed by atoms with Crippen molar-refractivity contribution in [2.45, 2.75) is 148 Å². The number of alkyl carbamates (subject to hydrolysis) is 1. The Balaban J connectivity index is 1.24. The lowest BCUT2D eigenvalue weighted by molar-refractivity contribution is -0.167. The van der Waals surface area contributed by atoms with E-state index in [1.165, 1.54) is 0 Å². The second-order valence-corrected chi connectivity index (χ2v) is 17.0. The predicted molar refractivity (Wildman–Crippen MR) is 180 cm³/mol. The quantitative estimate of drug-likeness (QED) is 0.301. The van der Waals surface area contributed by atoms with Gasteiger partial charge in [0.2, 0.25) is 0 Å². The summed E-state index contributed by atoms with van der Waals surface area (Å²) < 4.78 is 24.5. The number of fused-ring (bicyclic) bond motifs is 6. The van der Waals surface area contributed by atoms with Gasteiger partial charge in [-0.25, -0.2) is 9.59 Å². The maximum absolute atomic E-state index is 13.0. The number of nitrogens with one attached hydrogen (secondary N) is 1. The molecular formula is C38H62N2O7. The van der Waals surface area contributed by atoms with Crippen molar-refractivity contribution in [2.75, 3.05) is 26.3 Å². The van der Waals surface area contributed by atoms with Gasteiger partial charge < -0.3 is 34.3 Å². The average molecular weight is 659 g/mol. The molecule has 3 aliphatic carbocycles. The summed E-state index contributed by atoms with van der Waals surface area (Å²) in [5.74, 6) is 0.938. The van der Waals surface area contributed by atoms with E-state index in [0.717, 1.165) is 90.1 Å². The Bertz CT molecular complexity index is 1140. The number of hydrogen-bond acceptors (Lipinski definition) is 7. The third-order valence-electron chi connectivity index (χ3n) is 14.0. The number of allylic oxidation sites excluding steroid dienone is 1. The van der Waals surface area contributed by atoms with Crippen LogP contribution in [0.2, 0.25) is 0 Å². The van der Waals surface area contributed by atoms with Gasteiger partial charge in [-0.15, -0.1) is 6.58 Å². The standard InChI is InChI=1S/C38H62N2O7/c1-7-38-18-11-9-8-10-13-30(46-34(42)39-27-22-44-23-27)36(4,5)25-14-15-26(21-25)37(38,6)33(41)32-28(38)16-17-29(45-32)31(24(2)3)47-35(43)40-19-12-20-40/h7,24-33,41H,1,8-23H2,2-6H3,(H,39,42). The minimum Gasteiger partial charge on any atom is -0.446 e. The van der Waals surface area contributed by atoms with Gasteiger partial charge in [0.1, 0.15) is 12.2 Å². The summed E-state index contributed by atoms with van der Waals surface area (Å²) in [5, 5.41) is 15.5. The van der Waals surface area contributed by atoms with Crippen LogP contribution in [0.25, 0.3) is 0 Å². The van der Waals surface area contributed by atoms with Crippen LogP contribution in [0.3, 0.4) is 0 Å². The van der Waals surface area contributed by atoms with Crippen molar-refractivity contribution in [2.24, 2.45) is 39.9 Å². The van der Waals surface area contributed by atoms with Crippen molar-refractivity contribution >= 4 is 12.2 Å². The van der Waals surface area contributed by atoms with E-state index in [2.05, 4.69) is 52.6 Å². The van der Waals surface area contributed by atoms with Crippen molar-refractivity contribution in [1.29, 1.82) is 0 Å². The van der Waals surface area contributed by atoms with Crippen LogP contribution >= 0.6 is 0 Å². The molecule has 0 aromatic rings. The second kappa shape index (κ2) is 13.8.